The van der Waals surface area contributed by atoms with Crippen molar-refractivity contribution in [3.05, 3.63) is 22.4 Å². The number of pyridine rings is 1. The number of anilines is 1. The third-order valence-corrected chi connectivity index (χ3v) is 1.48. The zero-order valence-electron chi connectivity index (χ0n) is 5.04. The van der Waals surface area contributed by atoms with Crippen molar-refractivity contribution in [1.29, 1.82) is 0 Å². The van der Waals surface area contributed by atoms with E-state index in [1.807, 2.05) is 0 Å². The Labute approximate surface area is 66.4 Å². The Morgan fingerprint density at radius 2 is 2.30 bits per heavy atom. The van der Waals surface area contributed by atoms with Crippen LogP contribution < -0.4 is 5.73 Å². The van der Waals surface area contributed by atoms with E-state index in [1.54, 1.807) is 12.1 Å². The molecule has 0 radical (unpaired) electrons. The van der Waals surface area contributed by atoms with Gasteiger partial charge in [0.2, 0.25) is 0 Å². The second-order valence-corrected chi connectivity index (χ2v) is 2.54. The molecule has 0 aliphatic heterocycles. The summed E-state index contributed by atoms with van der Waals surface area (Å²) in [6.45, 7) is 0. The fourth-order valence-electron chi connectivity index (χ4n) is 0.555. The van der Waals surface area contributed by atoms with Gasteiger partial charge in [-0.15, -0.1) is 0 Å². The summed E-state index contributed by atoms with van der Waals surface area (Å²) in [5.74, 6) is 0. The van der Waals surface area contributed by atoms with Gasteiger partial charge < -0.3 is 5.73 Å². The van der Waals surface area contributed by atoms with Crippen LogP contribution in [0.5, 0.6) is 0 Å². The van der Waals surface area contributed by atoms with Crippen molar-refractivity contribution in [2.75, 3.05) is 5.73 Å². The number of aromatic nitrogens is 1. The molecule has 0 atom stereocenters. The molecule has 0 aliphatic rings. The van der Waals surface area contributed by atoms with Crippen LogP contribution in [0.1, 0.15) is 10.5 Å². The SMILES string of the molecule is Nc1ccc(Br)nc1C=O. The van der Waals surface area contributed by atoms with Crippen molar-refractivity contribution >= 4 is 27.9 Å². The second-order valence-electron chi connectivity index (χ2n) is 1.73. The Hall–Kier alpha value is -0.900. The quantitative estimate of drug-likeness (QED) is 0.549. The van der Waals surface area contributed by atoms with Crippen molar-refractivity contribution in [3.8, 4) is 0 Å². The van der Waals surface area contributed by atoms with Crippen molar-refractivity contribution in [3.63, 3.8) is 0 Å². The van der Waals surface area contributed by atoms with E-state index in [0.29, 0.717) is 16.6 Å². The van der Waals surface area contributed by atoms with E-state index in [4.69, 9.17) is 5.73 Å². The summed E-state index contributed by atoms with van der Waals surface area (Å²) in [5.41, 5.74) is 6.06. The molecule has 1 aromatic rings. The number of carbonyl (C=O) groups excluding carboxylic acids is 1. The molecule has 0 bridgehead atoms. The first kappa shape index (κ1) is 7.21. The van der Waals surface area contributed by atoms with Crippen LogP contribution in [-0.4, -0.2) is 11.3 Å². The lowest BCUT2D eigenvalue weighted by atomic mass is 10.3. The monoisotopic (exact) mass is 200 g/mol. The van der Waals surface area contributed by atoms with Gasteiger partial charge in [0.25, 0.3) is 0 Å². The Morgan fingerprint density at radius 1 is 1.60 bits per heavy atom. The van der Waals surface area contributed by atoms with Crippen LogP contribution in [0.3, 0.4) is 0 Å². The fraction of sp³-hybridized carbons (Fsp3) is 0. The van der Waals surface area contributed by atoms with Gasteiger partial charge in [-0.2, -0.15) is 0 Å². The molecule has 2 N–H and O–H groups in total. The van der Waals surface area contributed by atoms with Gasteiger partial charge in [0.15, 0.2) is 6.29 Å². The van der Waals surface area contributed by atoms with E-state index in [2.05, 4.69) is 20.9 Å². The van der Waals surface area contributed by atoms with Crippen molar-refractivity contribution in [1.82, 2.24) is 4.98 Å². The molecule has 0 amide bonds. The number of hydrogen-bond acceptors (Lipinski definition) is 3. The van der Waals surface area contributed by atoms with Crippen molar-refractivity contribution in [2.45, 2.75) is 0 Å². The summed E-state index contributed by atoms with van der Waals surface area (Å²) < 4.78 is 0.615. The summed E-state index contributed by atoms with van der Waals surface area (Å²) in [4.78, 5) is 14.0. The van der Waals surface area contributed by atoms with Gasteiger partial charge in [-0.1, -0.05) is 0 Å². The lowest BCUT2D eigenvalue weighted by molar-refractivity contribution is 0.112. The summed E-state index contributed by atoms with van der Waals surface area (Å²) >= 11 is 3.11. The van der Waals surface area contributed by atoms with Crippen LogP contribution >= 0.6 is 15.9 Å². The Balaban J connectivity index is 3.21. The number of nitrogen functional groups attached to an aromatic ring is 1. The molecule has 0 fully saturated rings. The zero-order valence-corrected chi connectivity index (χ0v) is 6.63. The number of nitrogens with zero attached hydrogens (tertiary/aromatic N) is 1. The summed E-state index contributed by atoms with van der Waals surface area (Å²) in [6, 6.07) is 3.31. The number of aldehydes is 1. The molecule has 1 heterocycles. The molecule has 52 valence electrons. The van der Waals surface area contributed by atoms with Gasteiger partial charge in [-0.05, 0) is 28.1 Å². The molecule has 0 unspecified atom stereocenters. The average Bonchev–Trinajstić information content (AvgIpc) is 1.94. The summed E-state index contributed by atoms with van der Waals surface area (Å²) in [6.07, 6.45) is 0.625. The van der Waals surface area contributed by atoms with Crippen molar-refractivity contribution in [2.24, 2.45) is 0 Å². The van der Waals surface area contributed by atoms with E-state index in [0.717, 1.165) is 0 Å². The number of hydrogen-bond donors (Lipinski definition) is 1. The maximum Gasteiger partial charge on any atom is 0.170 e. The molecular weight excluding hydrogens is 196 g/mol. The maximum absolute atomic E-state index is 10.2. The third-order valence-electron chi connectivity index (χ3n) is 1.04. The molecule has 10 heavy (non-hydrogen) atoms. The highest BCUT2D eigenvalue weighted by molar-refractivity contribution is 9.10. The lowest BCUT2D eigenvalue weighted by Gasteiger charge is -1.95. The average molecular weight is 201 g/mol. The van der Waals surface area contributed by atoms with Crippen LogP contribution in [0, 0.1) is 0 Å². The van der Waals surface area contributed by atoms with Crippen LogP contribution in [0.15, 0.2) is 16.7 Å². The number of nitrogens with two attached hydrogens (primary N) is 1. The first-order valence-electron chi connectivity index (χ1n) is 2.61. The minimum absolute atomic E-state index is 0.273. The van der Waals surface area contributed by atoms with Crippen LogP contribution in [0.25, 0.3) is 0 Å². The molecule has 1 rings (SSSR count). The molecule has 1 aromatic heterocycles. The van der Waals surface area contributed by atoms with Gasteiger partial charge >= 0.3 is 0 Å². The smallest absolute Gasteiger partial charge is 0.170 e. The summed E-state index contributed by atoms with van der Waals surface area (Å²) in [7, 11) is 0. The molecule has 0 saturated heterocycles. The predicted octanol–water partition coefficient (Wildman–Crippen LogP) is 1.24. The molecule has 0 saturated carbocycles. The highest BCUT2D eigenvalue weighted by atomic mass is 79.9. The molecule has 0 spiro atoms. The van der Waals surface area contributed by atoms with Gasteiger partial charge in [0.05, 0.1) is 5.69 Å². The van der Waals surface area contributed by atoms with E-state index < -0.39 is 0 Å². The normalized spacial score (nSPS) is 9.30. The fourth-order valence-corrected chi connectivity index (χ4v) is 0.878. The molecule has 0 aliphatic carbocycles. The number of rotatable bonds is 1. The first-order valence-corrected chi connectivity index (χ1v) is 3.40. The predicted molar refractivity (Wildman–Crippen MR) is 41.7 cm³/mol. The van der Waals surface area contributed by atoms with Crippen LogP contribution in [-0.2, 0) is 0 Å². The topological polar surface area (TPSA) is 56.0 Å². The maximum atomic E-state index is 10.2. The Bertz CT molecular complexity index is 262. The number of carbonyl (C=O) groups is 1. The van der Waals surface area contributed by atoms with Crippen molar-refractivity contribution < 1.29 is 4.79 Å². The van der Waals surface area contributed by atoms with Gasteiger partial charge in [-0.3, -0.25) is 4.79 Å². The second kappa shape index (κ2) is 2.79. The van der Waals surface area contributed by atoms with E-state index >= 15 is 0 Å². The van der Waals surface area contributed by atoms with Gasteiger partial charge in [0.1, 0.15) is 10.3 Å². The zero-order chi connectivity index (χ0) is 7.56. The van der Waals surface area contributed by atoms with Gasteiger partial charge in [-0.25, -0.2) is 4.98 Å². The minimum atomic E-state index is 0.273. The highest BCUT2D eigenvalue weighted by Gasteiger charge is 1.97. The Kier molecular flexibility index (Phi) is 2.01. The third kappa shape index (κ3) is 1.33. The van der Waals surface area contributed by atoms with Crippen LogP contribution in [0.4, 0.5) is 5.69 Å². The van der Waals surface area contributed by atoms with E-state index in [-0.39, 0.29) is 5.69 Å². The Morgan fingerprint density at radius 3 is 2.80 bits per heavy atom. The highest BCUT2D eigenvalue weighted by Crippen LogP contribution is 2.11. The minimum Gasteiger partial charge on any atom is -0.397 e. The number of halogens is 1. The van der Waals surface area contributed by atoms with E-state index in [1.165, 1.54) is 0 Å². The van der Waals surface area contributed by atoms with Crippen LogP contribution in [0.2, 0.25) is 0 Å². The van der Waals surface area contributed by atoms with E-state index in [9.17, 15) is 4.79 Å². The first-order chi connectivity index (χ1) is 4.74. The molecule has 4 heteroatoms. The standard InChI is InChI=1S/C6H5BrN2O/c7-6-2-1-4(8)5(3-10)9-6/h1-3H,8H2. The summed E-state index contributed by atoms with van der Waals surface area (Å²) in [5, 5.41) is 0. The molecular formula is C6H5BrN2O. The lowest BCUT2D eigenvalue weighted by Crippen LogP contribution is -1.95. The molecule has 3 nitrogen and oxygen atoms in total. The van der Waals surface area contributed by atoms with Gasteiger partial charge in [0, 0.05) is 0 Å². The molecule has 0 aromatic carbocycles. The largest absolute Gasteiger partial charge is 0.397 e.